The molecule has 2 aromatic rings. The van der Waals surface area contributed by atoms with E-state index >= 15 is 0 Å². The van der Waals surface area contributed by atoms with Gasteiger partial charge in [-0.1, -0.05) is 80.9 Å². The first-order chi connectivity index (χ1) is 12.0. The van der Waals surface area contributed by atoms with Crippen molar-refractivity contribution in [3.63, 3.8) is 0 Å². The molecule has 0 spiro atoms. The minimum atomic E-state index is -0.843. The largest absolute Gasteiger partial charge is 0.392 e. The van der Waals surface area contributed by atoms with Gasteiger partial charge in [0, 0.05) is 5.92 Å². The molecular formula is C24H34O2. The second-order valence-electron chi connectivity index (χ2n) is 8.94. The van der Waals surface area contributed by atoms with Crippen LogP contribution in [0.25, 0.3) is 0 Å². The third kappa shape index (κ3) is 4.96. The number of rotatable bonds is 7. The minimum absolute atomic E-state index is 0.126. The van der Waals surface area contributed by atoms with E-state index < -0.39 is 11.7 Å². The predicted octanol–water partition coefficient (Wildman–Crippen LogP) is 5.43. The van der Waals surface area contributed by atoms with Crippen molar-refractivity contribution in [3.05, 3.63) is 71.3 Å². The van der Waals surface area contributed by atoms with Gasteiger partial charge in [0.15, 0.2) is 0 Å². The number of benzene rings is 2. The van der Waals surface area contributed by atoms with Gasteiger partial charge in [-0.05, 0) is 49.7 Å². The van der Waals surface area contributed by atoms with E-state index in [1.807, 2.05) is 44.2 Å². The van der Waals surface area contributed by atoms with Crippen molar-refractivity contribution in [1.82, 2.24) is 0 Å². The summed E-state index contributed by atoms with van der Waals surface area (Å²) in [6, 6.07) is 18.6. The summed E-state index contributed by atoms with van der Waals surface area (Å²) in [7, 11) is 0. The first-order valence-electron chi connectivity index (χ1n) is 9.54. The Balaban J connectivity index is 2.37. The highest BCUT2D eigenvalue weighted by atomic mass is 16.3. The van der Waals surface area contributed by atoms with Gasteiger partial charge < -0.3 is 10.2 Å². The zero-order valence-corrected chi connectivity index (χ0v) is 17.0. The topological polar surface area (TPSA) is 40.5 Å². The normalized spacial score (nSPS) is 16.2. The Kier molecular flexibility index (Phi) is 6.31. The van der Waals surface area contributed by atoms with Crippen molar-refractivity contribution in [3.8, 4) is 0 Å². The molecule has 0 heterocycles. The van der Waals surface area contributed by atoms with Gasteiger partial charge in [-0.15, -0.1) is 0 Å². The van der Waals surface area contributed by atoms with Gasteiger partial charge in [0.1, 0.15) is 0 Å². The maximum Gasteiger partial charge on any atom is 0.0666 e. The molecule has 0 aliphatic carbocycles. The molecule has 2 heteroatoms. The smallest absolute Gasteiger partial charge is 0.0666 e. The van der Waals surface area contributed by atoms with E-state index in [-0.39, 0.29) is 17.3 Å². The number of aryl methyl sites for hydroxylation is 1. The third-order valence-electron chi connectivity index (χ3n) is 5.75. The Labute approximate surface area is 158 Å². The molecule has 0 amide bonds. The van der Waals surface area contributed by atoms with Crippen LogP contribution in [0.15, 0.2) is 54.6 Å². The molecule has 2 N–H and O–H groups in total. The fourth-order valence-corrected chi connectivity index (χ4v) is 3.79. The number of hydrogen-bond donors (Lipinski definition) is 2. The van der Waals surface area contributed by atoms with Gasteiger partial charge in [-0.2, -0.15) is 0 Å². The van der Waals surface area contributed by atoms with Gasteiger partial charge in [0.2, 0.25) is 0 Å². The molecule has 3 atom stereocenters. The zero-order chi connectivity index (χ0) is 19.5. The molecule has 0 fully saturated rings. The summed E-state index contributed by atoms with van der Waals surface area (Å²) in [6.07, 6.45) is -0.0610. The molecule has 2 nitrogen and oxygen atoms in total. The van der Waals surface area contributed by atoms with E-state index in [4.69, 9.17) is 0 Å². The molecule has 142 valence electrons. The third-order valence-corrected chi connectivity index (χ3v) is 5.75. The van der Waals surface area contributed by atoms with Gasteiger partial charge in [-0.25, -0.2) is 0 Å². The van der Waals surface area contributed by atoms with Crippen molar-refractivity contribution in [2.75, 3.05) is 0 Å². The summed E-state index contributed by atoms with van der Waals surface area (Å²) < 4.78 is 0. The van der Waals surface area contributed by atoms with Crippen molar-refractivity contribution < 1.29 is 10.2 Å². The fourth-order valence-electron chi connectivity index (χ4n) is 3.79. The second-order valence-corrected chi connectivity index (χ2v) is 8.94. The molecule has 0 aliphatic rings. The molecule has 0 bridgehead atoms. The second kappa shape index (κ2) is 7.94. The van der Waals surface area contributed by atoms with Crippen LogP contribution in [0.1, 0.15) is 69.6 Å². The summed E-state index contributed by atoms with van der Waals surface area (Å²) in [5, 5.41) is 21.9. The molecule has 2 aromatic carbocycles. The van der Waals surface area contributed by atoms with E-state index in [0.717, 1.165) is 5.56 Å². The molecule has 2 rings (SSSR count). The van der Waals surface area contributed by atoms with Crippen LogP contribution < -0.4 is 0 Å². The highest BCUT2D eigenvalue weighted by Crippen LogP contribution is 2.45. The Morgan fingerprint density at radius 3 is 2.00 bits per heavy atom. The van der Waals surface area contributed by atoms with Crippen LogP contribution in [-0.4, -0.2) is 21.9 Å². The van der Waals surface area contributed by atoms with Crippen LogP contribution in [0.3, 0.4) is 0 Å². The van der Waals surface area contributed by atoms with Crippen LogP contribution >= 0.6 is 0 Å². The Bertz CT molecular complexity index is 698. The standard InChI is InChI=1S/C24H34O2/c1-17-11-10-14-20(15-17)18(2)24(5,6)22(25)21(16-23(3,4)26)19-12-8-7-9-13-19/h7-15,18,21-22,25-26H,16H2,1-6H3. The van der Waals surface area contributed by atoms with Crippen LogP contribution in [0.5, 0.6) is 0 Å². The summed E-state index contributed by atoms with van der Waals surface area (Å²) in [5.74, 6) is 0.0591. The SMILES string of the molecule is Cc1cccc(C(C)C(C)(C)C(O)C(CC(C)(C)O)c2ccccc2)c1. The first-order valence-corrected chi connectivity index (χ1v) is 9.54. The van der Waals surface area contributed by atoms with E-state index in [9.17, 15) is 10.2 Å². The van der Waals surface area contributed by atoms with Crippen LogP contribution in [0.2, 0.25) is 0 Å². The van der Waals surface area contributed by atoms with E-state index in [1.54, 1.807) is 0 Å². The summed E-state index contributed by atoms with van der Waals surface area (Å²) >= 11 is 0. The zero-order valence-electron chi connectivity index (χ0n) is 17.0. The maximum absolute atomic E-state index is 11.4. The van der Waals surface area contributed by atoms with Gasteiger partial charge in [-0.3, -0.25) is 0 Å². The Morgan fingerprint density at radius 2 is 1.46 bits per heavy atom. The lowest BCUT2D eigenvalue weighted by molar-refractivity contribution is -0.0192. The molecule has 3 unspecified atom stereocenters. The number of aliphatic hydroxyl groups is 2. The van der Waals surface area contributed by atoms with Gasteiger partial charge >= 0.3 is 0 Å². The Hall–Kier alpha value is -1.64. The molecule has 0 saturated carbocycles. The molecule has 0 aromatic heterocycles. The van der Waals surface area contributed by atoms with Crippen molar-refractivity contribution >= 4 is 0 Å². The average molecular weight is 355 g/mol. The quantitative estimate of drug-likeness (QED) is 0.696. The molecule has 26 heavy (non-hydrogen) atoms. The van der Waals surface area contributed by atoms with Crippen molar-refractivity contribution in [2.24, 2.45) is 5.41 Å². The number of hydrogen-bond acceptors (Lipinski definition) is 2. The van der Waals surface area contributed by atoms with Crippen LogP contribution in [-0.2, 0) is 0 Å². The van der Waals surface area contributed by atoms with Crippen LogP contribution in [0.4, 0.5) is 0 Å². The van der Waals surface area contributed by atoms with Crippen molar-refractivity contribution in [2.45, 2.75) is 71.5 Å². The average Bonchev–Trinajstić information content (AvgIpc) is 2.58. The van der Waals surface area contributed by atoms with Crippen molar-refractivity contribution in [1.29, 1.82) is 0 Å². The van der Waals surface area contributed by atoms with Gasteiger partial charge in [0.05, 0.1) is 11.7 Å². The highest BCUT2D eigenvalue weighted by molar-refractivity contribution is 5.28. The van der Waals surface area contributed by atoms with E-state index in [2.05, 4.69) is 52.0 Å². The Morgan fingerprint density at radius 1 is 0.885 bits per heavy atom. The molecular weight excluding hydrogens is 320 g/mol. The first kappa shape index (κ1) is 20.7. The molecule has 0 saturated heterocycles. The highest BCUT2D eigenvalue weighted by Gasteiger charge is 2.41. The summed E-state index contributed by atoms with van der Waals surface area (Å²) in [6.45, 7) is 12.2. The monoisotopic (exact) mass is 354 g/mol. The predicted molar refractivity (Wildman–Crippen MR) is 109 cm³/mol. The molecule has 0 aliphatic heterocycles. The lowest BCUT2D eigenvalue weighted by Gasteiger charge is -2.42. The fraction of sp³-hybridized carbons (Fsp3) is 0.500. The summed E-state index contributed by atoms with van der Waals surface area (Å²) in [5.41, 5.74) is 2.36. The number of aliphatic hydroxyl groups excluding tert-OH is 1. The van der Waals surface area contributed by atoms with E-state index in [0.29, 0.717) is 6.42 Å². The lowest BCUT2D eigenvalue weighted by atomic mass is 9.66. The lowest BCUT2D eigenvalue weighted by Crippen LogP contribution is -2.41. The molecule has 0 radical (unpaired) electrons. The maximum atomic E-state index is 11.4. The minimum Gasteiger partial charge on any atom is -0.392 e. The summed E-state index contributed by atoms with van der Waals surface area (Å²) in [4.78, 5) is 0. The van der Waals surface area contributed by atoms with E-state index in [1.165, 1.54) is 11.1 Å². The van der Waals surface area contributed by atoms with Crippen LogP contribution in [0, 0.1) is 12.3 Å². The van der Waals surface area contributed by atoms with Gasteiger partial charge in [0.25, 0.3) is 0 Å².